The zero-order valence-corrected chi connectivity index (χ0v) is 6.79. The summed E-state index contributed by atoms with van der Waals surface area (Å²) in [6, 6.07) is 0. The molecule has 0 unspecified atom stereocenters. The van der Waals surface area contributed by atoms with Crippen molar-refractivity contribution in [1.29, 1.82) is 0 Å². The van der Waals surface area contributed by atoms with Crippen molar-refractivity contribution in [3.05, 3.63) is 47.3 Å². The number of hydrogen-bond acceptors (Lipinski definition) is 1. The Morgan fingerprint density at radius 1 is 1.27 bits per heavy atom. The standard InChI is InChI=1S/C10H12O/c1-8(7-9(2)11)10-5-3-4-6-10/h3-7,11H,1-2H3/p-1. The summed E-state index contributed by atoms with van der Waals surface area (Å²) < 4.78 is 0. The number of allylic oxidation sites excluding steroid dienone is 8. The maximum Gasteiger partial charge on any atom is -0.0228 e. The van der Waals surface area contributed by atoms with E-state index in [0.717, 1.165) is 11.1 Å². The fourth-order valence-corrected chi connectivity index (χ4v) is 1.03. The third-order valence-corrected chi connectivity index (χ3v) is 1.54. The smallest absolute Gasteiger partial charge is 0.0228 e. The molecule has 0 heterocycles. The molecule has 1 nitrogen and oxygen atoms in total. The van der Waals surface area contributed by atoms with E-state index >= 15 is 0 Å². The van der Waals surface area contributed by atoms with Crippen molar-refractivity contribution in [3.8, 4) is 0 Å². The lowest BCUT2D eigenvalue weighted by Gasteiger charge is -2.04. The van der Waals surface area contributed by atoms with Crippen LogP contribution in [0, 0.1) is 0 Å². The molecule has 0 saturated heterocycles. The van der Waals surface area contributed by atoms with Crippen molar-refractivity contribution >= 4 is 0 Å². The van der Waals surface area contributed by atoms with Crippen molar-refractivity contribution in [2.75, 3.05) is 0 Å². The Labute approximate surface area is 67.1 Å². The average Bonchev–Trinajstić information content (AvgIpc) is 2.35. The van der Waals surface area contributed by atoms with E-state index in [1.165, 1.54) is 0 Å². The minimum Gasteiger partial charge on any atom is -0.876 e. The molecule has 1 aliphatic carbocycles. The topological polar surface area (TPSA) is 23.1 Å². The largest absolute Gasteiger partial charge is 0.876 e. The summed E-state index contributed by atoms with van der Waals surface area (Å²) in [5.74, 6) is 0.101. The SMILES string of the molecule is CC([O-])=CC(C)=C1C=CC=C1. The summed E-state index contributed by atoms with van der Waals surface area (Å²) in [7, 11) is 0. The Bertz CT molecular complexity index is 247. The fraction of sp³-hybridized carbons (Fsp3) is 0.200. The van der Waals surface area contributed by atoms with Gasteiger partial charge in [0.15, 0.2) is 0 Å². The Hall–Kier alpha value is -1.24. The molecule has 0 aromatic rings. The van der Waals surface area contributed by atoms with Crippen LogP contribution in [0.2, 0.25) is 0 Å². The van der Waals surface area contributed by atoms with E-state index in [1.54, 1.807) is 13.0 Å². The maximum absolute atomic E-state index is 10.7. The molecule has 0 aromatic heterocycles. The number of rotatable bonds is 1. The molecule has 0 bridgehead atoms. The van der Waals surface area contributed by atoms with Gasteiger partial charge >= 0.3 is 0 Å². The van der Waals surface area contributed by atoms with Crippen molar-refractivity contribution in [2.45, 2.75) is 13.8 Å². The second-order valence-electron chi connectivity index (χ2n) is 2.61. The summed E-state index contributed by atoms with van der Waals surface area (Å²) in [5.41, 5.74) is 2.16. The molecule has 0 fully saturated rings. The first kappa shape index (κ1) is 7.86. The van der Waals surface area contributed by atoms with Crippen LogP contribution in [0.3, 0.4) is 0 Å². The van der Waals surface area contributed by atoms with E-state index in [9.17, 15) is 5.11 Å². The zero-order valence-electron chi connectivity index (χ0n) is 6.79. The number of hydrogen-bond donors (Lipinski definition) is 0. The first-order chi connectivity index (χ1) is 5.20. The van der Waals surface area contributed by atoms with Gasteiger partial charge in [-0.25, -0.2) is 0 Å². The Morgan fingerprint density at radius 2 is 1.82 bits per heavy atom. The summed E-state index contributed by atoms with van der Waals surface area (Å²) >= 11 is 0. The van der Waals surface area contributed by atoms with Crippen LogP contribution in [0.5, 0.6) is 0 Å². The molecule has 0 radical (unpaired) electrons. The van der Waals surface area contributed by atoms with Gasteiger partial charge in [-0.3, -0.25) is 0 Å². The highest BCUT2D eigenvalue weighted by atomic mass is 16.3. The third-order valence-electron chi connectivity index (χ3n) is 1.54. The first-order valence-corrected chi connectivity index (χ1v) is 3.61. The van der Waals surface area contributed by atoms with Crippen LogP contribution in [0.1, 0.15) is 13.8 Å². The quantitative estimate of drug-likeness (QED) is 0.517. The average molecular weight is 147 g/mol. The molecule has 0 aromatic carbocycles. The first-order valence-electron chi connectivity index (χ1n) is 3.61. The van der Waals surface area contributed by atoms with Crippen LogP contribution in [-0.2, 0) is 0 Å². The molecule has 0 aliphatic heterocycles. The molecule has 1 rings (SSSR count). The molecule has 11 heavy (non-hydrogen) atoms. The predicted octanol–water partition coefficient (Wildman–Crippen LogP) is 1.69. The second kappa shape index (κ2) is 3.24. The molecular formula is C10H11O-. The normalized spacial score (nSPS) is 16.2. The summed E-state index contributed by atoms with van der Waals surface area (Å²) in [5, 5.41) is 10.7. The van der Waals surface area contributed by atoms with Crippen LogP contribution >= 0.6 is 0 Å². The highest BCUT2D eigenvalue weighted by Gasteiger charge is 1.93. The van der Waals surface area contributed by atoms with Gasteiger partial charge in [0.25, 0.3) is 0 Å². The summed E-state index contributed by atoms with van der Waals surface area (Å²) in [6.45, 7) is 3.50. The molecule has 1 aliphatic rings. The van der Waals surface area contributed by atoms with Crippen molar-refractivity contribution < 1.29 is 5.11 Å². The van der Waals surface area contributed by atoms with Crippen molar-refractivity contribution in [2.24, 2.45) is 0 Å². The minimum absolute atomic E-state index is 0.101. The van der Waals surface area contributed by atoms with E-state index in [1.807, 2.05) is 31.2 Å². The molecule has 58 valence electrons. The van der Waals surface area contributed by atoms with Gasteiger partial charge in [-0.15, -0.1) is 5.76 Å². The molecule has 0 N–H and O–H groups in total. The highest BCUT2D eigenvalue weighted by molar-refractivity contribution is 5.46. The van der Waals surface area contributed by atoms with E-state index in [2.05, 4.69) is 0 Å². The Kier molecular flexibility index (Phi) is 2.32. The van der Waals surface area contributed by atoms with E-state index in [-0.39, 0.29) is 5.76 Å². The van der Waals surface area contributed by atoms with Crippen molar-refractivity contribution in [3.63, 3.8) is 0 Å². The molecule has 0 spiro atoms. The van der Waals surface area contributed by atoms with Crippen LogP contribution in [0.15, 0.2) is 47.3 Å². The lowest BCUT2D eigenvalue weighted by Crippen LogP contribution is -1.97. The van der Waals surface area contributed by atoms with Gasteiger partial charge in [-0.2, -0.15) is 0 Å². The van der Waals surface area contributed by atoms with Gasteiger partial charge in [0, 0.05) is 0 Å². The Morgan fingerprint density at radius 3 is 2.27 bits per heavy atom. The Balaban J connectivity index is 2.89. The van der Waals surface area contributed by atoms with Gasteiger partial charge < -0.3 is 5.11 Å². The van der Waals surface area contributed by atoms with E-state index in [0.29, 0.717) is 0 Å². The van der Waals surface area contributed by atoms with Gasteiger partial charge in [-0.05, 0) is 18.1 Å². The van der Waals surface area contributed by atoms with Crippen LogP contribution in [0.4, 0.5) is 0 Å². The van der Waals surface area contributed by atoms with E-state index in [4.69, 9.17) is 0 Å². The fourth-order valence-electron chi connectivity index (χ4n) is 1.03. The summed E-state index contributed by atoms with van der Waals surface area (Å²) in [6.07, 6.45) is 9.57. The molecule has 0 saturated carbocycles. The highest BCUT2D eigenvalue weighted by Crippen LogP contribution is 2.14. The molecule has 1 heteroatoms. The van der Waals surface area contributed by atoms with Gasteiger partial charge in [0.1, 0.15) is 0 Å². The lowest BCUT2D eigenvalue weighted by atomic mass is 10.1. The maximum atomic E-state index is 10.7. The van der Waals surface area contributed by atoms with Crippen LogP contribution < -0.4 is 5.11 Å². The van der Waals surface area contributed by atoms with Gasteiger partial charge in [-0.1, -0.05) is 37.3 Å². The van der Waals surface area contributed by atoms with Crippen LogP contribution in [-0.4, -0.2) is 0 Å². The monoisotopic (exact) mass is 147 g/mol. The molecule has 0 atom stereocenters. The van der Waals surface area contributed by atoms with Gasteiger partial charge in [0.2, 0.25) is 0 Å². The van der Waals surface area contributed by atoms with Crippen molar-refractivity contribution in [1.82, 2.24) is 0 Å². The molecular weight excluding hydrogens is 136 g/mol. The van der Waals surface area contributed by atoms with Crippen LogP contribution in [0.25, 0.3) is 0 Å². The lowest BCUT2D eigenvalue weighted by molar-refractivity contribution is -0.301. The van der Waals surface area contributed by atoms with E-state index < -0.39 is 0 Å². The summed E-state index contributed by atoms with van der Waals surface area (Å²) in [4.78, 5) is 0. The zero-order chi connectivity index (χ0) is 8.27. The molecule has 0 amide bonds. The second-order valence-corrected chi connectivity index (χ2v) is 2.61. The van der Waals surface area contributed by atoms with Gasteiger partial charge in [0.05, 0.1) is 0 Å². The third kappa shape index (κ3) is 2.11. The predicted molar refractivity (Wildman–Crippen MR) is 44.7 cm³/mol. The minimum atomic E-state index is 0.101.